The Morgan fingerprint density at radius 1 is 0.773 bits per heavy atom. The van der Waals surface area contributed by atoms with Crippen LogP contribution in [0.4, 0.5) is 0 Å². The minimum Gasteiger partial charge on any atom is -0.0619 e. The topological polar surface area (TPSA) is 0 Å². The Morgan fingerprint density at radius 3 is 2.23 bits per heavy atom. The second kappa shape index (κ2) is 2.78. The van der Waals surface area contributed by atoms with Gasteiger partial charge in [-0.1, -0.05) is 34.6 Å². The summed E-state index contributed by atoms with van der Waals surface area (Å²) >= 11 is 0. The predicted molar refractivity (Wildman–Crippen MR) is 88.0 cm³/mol. The summed E-state index contributed by atoms with van der Waals surface area (Å²) in [6.45, 7) is 13.7. The molecule has 0 aromatic heterocycles. The Balaban J connectivity index is 1.50. The monoisotopic (exact) mass is 296 g/mol. The van der Waals surface area contributed by atoms with Crippen LogP contribution in [0, 0.1) is 74.9 Å². The zero-order valence-corrected chi connectivity index (χ0v) is 15.0. The number of hydrogen-bond acceptors (Lipinski definition) is 0. The standard InChI is InChI=1S/C22H32/c1-10-6-12-9-15-13-7-11-8-14(16(11)13)17-18-19(10,2)21(12,4)22(18,5)20(15,17)3/h10-18H,6-9H2,1-5H3. The van der Waals surface area contributed by atoms with E-state index in [0.29, 0.717) is 16.2 Å². The molecule has 0 N–H and O–H groups in total. The molecule has 0 nitrogen and oxygen atoms in total. The lowest BCUT2D eigenvalue weighted by Crippen LogP contribution is -2.92. The first-order valence-corrected chi connectivity index (χ1v) is 10.3. The van der Waals surface area contributed by atoms with Crippen LogP contribution in [-0.2, 0) is 0 Å². The van der Waals surface area contributed by atoms with Gasteiger partial charge in [0.05, 0.1) is 0 Å². The molecule has 7 rings (SSSR count). The molecule has 0 aromatic carbocycles. The normalized spacial score (nSPS) is 84.1. The van der Waals surface area contributed by atoms with Gasteiger partial charge in [-0.05, 0) is 101 Å². The lowest BCUT2D eigenvalue weighted by Gasteiger charge is -2.96. The molecule has 0 spiro atoms. The van der Waals surface area contributed by atoms with E-state index >= 15 is 0 Å². The quantitative estimate of drug-likeness (QED) is 0.574. The molecule has 0 radical (unpaired) electrons. The summed E-state index contributed by atoms with van der Waals surface area (Å²) in [7, 11) is 0. The molecular weight excluding hydrogens is 264 g/mol. The van der Waals surface area contributed by atoms with Gasteiger partial charge in [-0.15, -0.1) is 0 Å². The second-order valence-electron chi connectivity index (χ2n) is 11.8. The van der Waals surface area contributed by atoms with Crippen molar-refractivity contribution in [2.45, 2.75) is 60.3 Å². The van der Waals surface area contributed by atoms with E-state index in [9.17, 15) is 0 Å². The van der Waals surface area contributed by atoms with Crippen LogP contribution in [0.15, 0.2) is 0 Å². The van der Waals surface area contributed by atoms with Gasteiger partial charge in [0, 0.05) is 0 Å². The minimum atomic E-state index is 0.672. The molecule has 13 atom stereocenters. The largest absolute Gasteiger partial charge is 0.0619 e. The fourth-order valence-electron chi connectivity index (χ4n) is 12.2. The van der Waals surface area contributed by atoms with Gasteiger partial charge in [0.1, 0.15) is 0 Å². The number of fused-ring (bicyclic) bond motifs is 4. The molecule has 7 fully saturated rings. The molecule has 0 heterocycles. The van der Waals surface area contributed by atoms with E-state index in [-0.39, 0.29) is 0 Å². The van der Waals surface area contributed by atoms with Crippen molar-refractivity contribution in [2.75, 3.05) is 0 Å². The average Bonchev–Trinajstić information content (AvgIpc) is 2.64. The zero-order valence-electron chi connectivity index (χ0n) is 15.0. The third-order valence-electron chi connectivity index (χ3n) is 13.1. The molecule has 120 valence electrons. The smallest absolute Gasteiger partial charge is 0.0168 e. The maximum Gasteiger partial charge on any atom is -0.0168 e. The van der Waals surface area contributed by atoms with Crippen LogP contribution in [0.3, 0.4) is 0 Å². The molecule has 0 aromatic rings. The van der Waals surface area contributed by atoms with Gasteiger partial charge in [-0.3, -0.25) is 0 Å². The fourth-order valence-corrected chi connectivity index (χ4v) is 12.2. The van der Waals surface area contributed by atoms with E-state index in [2.05, 4.69) is 34.6 Å². The first kappa shape index (κ1) is 12.4. The van der Waals surface area contributed by atoms with E-state index in [4.69, 9.17) is 0 Å². The lowest BCUT2D eigenvalue weighted by molar-refractivity contribution is -0.496. The third-order valence-corrected chi connectivity index (χ3v) is 13.1. The van der Waals surface area contributed by atoms with E-state index in [1.807, 2.05) is 0 Å². The van der Waals surface area contributed by atoms with E-state index in [0.717, 1.165) is 46.8 Å². The summed E-state index contributed by atoms with van der Waals surface area (Å²) in [6.07, 6.45) is 6.44. The van der Waals surface area contributed by atoms with Crippen LogP contribution in [0.5, 0.6) is 0 Å². The molecule has 7 aliphatic rings. The molecule has 7 saturated carbocycles. The van der Waals surface area contributed by atoms with Gasteiger partial charge < -0.3 is 0 Å². The van der Waals surface area contributed by atoms with E-state index < -0.39 is 0 Å². The van der Waals surface area contributed by atoms with Gasteiger partial charge in [-0.2, -0.15) is 0 Å². The van der Waals surface area contributed by atoms with Gasteiger partial charge in [0.2, 0.25) is 0 Å². The van der Waals surface area contributed by atoms with Crippen LogP contribution in [0.25, 0.3) is 0 Å². The van der Waals surface area contributed by atoms with E-state index in [1.165, 1.54) is 11.8 Å². The highest BCUT2D eigenvalue weighted by Crippen LogP contribution is 3.00. The highest BCUT2D eigenvalue weighted by molar-refractivity contribution is 5.43. The van der Waals surface area contributed by atoms with Crippen molar-refractivity contribution in [3.63, 3.8) is 0 Å². The van der Waals surface area contributed by atoms with Crippen molar-refractivity contribution in [2.24, 2.45) is 74.9 Å². The first-order chi connectivity index (χ1) is 10.3. The van der Waals surface area contributed by atoms with Crippen molar-refractivity contribution >= 4 is 0 Å². The molecular formula is C22H32. The van der Waals surface area contributed by atoms with Crippen molar-refractivity contribution in [3.05, 3.63) is 0 Å². The van der Waals surface area contributed by atoms with Crippen LogP contribution >= 0.6 is 0 Å². The second-order valence-corrected chi connectivity index (χ2v) is 11.8. The van der Waals surface area contributed by atoms with Crippen molar-refractivity contribution in [1.29, 1.82) is 0 Å². The summed E-state index contributed by atoms with van der Waals surface area (Å²) < 4.78 is 0. The number of rotatable bonds is 0. The van der Waals surface area contributed by atoms with Crippen LogP contribution in [0.2, 0.25) is 0 Å². The predicted octanol–water partition coefficient (Wildman–Crippen LogP) is 5.23. The SMILES string of the molecule is CC1CC2CC3C4CC5CC(C54)C4C5C1(C)C2(C)C5(C)C34C. The van der Waals surface area contributed by atoms with Crippen LogP contribution in [0.1, 0.15) is 60.3 Å². The molecule has 0 bridgehead atoms. The Bertz CT molecular complexity index is 634. The Hall–Kier alpha value is 0. The van der Waals surface area contributed by atoms with Gasteiger partial charge in [-0.25, -0.2) is 0 Å². The maximum atomic E-state index is 2.80. The molecule has 0 heteroatoms. The fraction of sp³-hybridized carbons (Fsp3) is 1.00. The molecule has 0 saturated heterocycles. The van der Waals surface area contributed by atoms with Crippen molar-refractivity contribution < 1.29 is 0 Å². The highest BCUT2D eigenvalue weighted by Gasteiger charge is 2.96. The van der Waals surface area contributed by atoms with Crippen molar-refractivity contribution in [3.8, 4) is 0 Å². The maximum absolute atomic E-state index is 2.80. The Morgan fingerprint density at radius 2 is 1.50 bits per heavy atom. The highest BCUT2D eigenvalue weighted by atomic mass is 15.0. The first-order valence-electron chi connectivity index (χ1n) is 10.3. The van der Waals surface area contributed by atoms with E-state index in [1.54, 1.807) is 25.7 Å². The van der Waals surface area contributed by atoms with Gasteiger partial charge >= 0.3 is 0 Å². The molecule has 13 unspecified atom stereocenters. The zero-order chi connectivity index (χ0) is 15.0. The molecule has 7 aliphatic carbocycles. The van der Waals surface area contributed by atoms with Crippen LogP contribution < -0.4 is 0 Å². The Labute approximate surface area is 135 Å². The van der Waals surface area contributed by atoms with Crippen LogP contribution in [-0.4, -0.2) is 0 Å². The average molecular weight is 296 g/mol. The van der Waals surface area contributed by atoms with Gasteiger partial charge in [0.25, 0.3) is 0 Å². The summed E-state index contributed by atoms with van der Waals surface area (Å²) in [4.78, 5) is 0. The third kappa shape index (κ3) is 0.681. The summed E-state index contributed by atoms with van der Waals surface area (Å²) in [5, 5.41) is 0. The summed E-state index contributed by atoms with van der Waals surface area (Å²) in [5.41, 5.74) is 2.78. The number of hydrogen-bond donors (Lipinski definition) is 0. The molecule has 22 heavy (non-hydrogen) atoms. The molecule has 0 aliphatic heterocycles. The van der Waals surface area contributed by atoms with Gasteiger partial charge in [0.15, 0.2) is 0 Å². The summed E-state index contributed by atoms with van der Waals surface area (Å²) in [5.74, 6) is 10.1. The van der Waals surface area contributed by atoms with Crippen molar-refractivity contribution in [1.82, 2.24) is 0 Å². The lowest BCUT2D eigenvalue weighted by atomic mass is 9.07. The molecule has 0 amide bonds. The Kier molecular flexibility index (Phi) is 1.56. The minimum absolute atomic E-state index is 0.672. The summed E-state index contributed by atoms with van der Waals surface area (Å²) in [6, 6.07) is 0.